The zero-order chi connectivity index (χ0) is 21.1. The van der Waals surface area contributed by atoms with Gasteiger partial charge in [-0.05, 0) is 49.6 Å². The summed E-state index contributed by atoms with van der Waals surface area (Å²) in [7, 11) is 0. The summed E-state index contributed by atoms with van der Waals surface area (Å²) in [6.45, 7) is 1.33. The normalized spacial score (nSPS) is 17.7. The van der Waals surface area contributed by atoms with Crippen LogP contribution in [0.15, 0.2) is 53.3 Å². The van der Waals surface area contributed by atoms with Crippen LogP contribution in [0.1, 0.15) is 36.6 Å². The van der Waals surface area contributed by atoms with Crippen LogP contribution in [0.2, 0.25) is 0 Å². The van der Waals surface area contributed by atoms with Gasteiger partial charge in [-0.25, -0.2) is 9.07 Å². The van der Waals surface area contributed by atoms with Crippen LogP contribution in [0, 0.1) is 5.82 Å². The lowest BCUT2D eigenvalue weighted by Gasteiger charge is -2.20. The van der Waals surface area contributed by atoms with E-state index in [0.29, 0.717) is 31.3 Å². The Hall–Kier alpha value is -3.06. The van der Waals surface area contributed by atoms with Crippen molar-refractivity contribution in [2.75, 3.05) is 19.6 Å². The number of aromatic nitrogens is 2. The van der Waals surface area contributed by atoms with E-state index in [1.165, 1.54) is 12.1 Å². The molecule has 0 amide bonds. The van der Waals surface area contributed by atoms with Gasteiger partial charge in [0, 0.05) is 18.4 Å². The van der Waals surface area contributed by atoms with Crippen molar-refractivity contribution in [3.63, 3.8) is 0 Å². The molecule has 1 unspecified atom stereocenters. The summed E-state index contributed by atoms with van der Waals surface area (Å²) < 4.78 is 14.9. The number of aliphatic carboxylic acids is 1. The molecule has 0 saturated carbocycles. The van der Waals surface area contributed by atoms with Crippen LogP contribution in [0.3, 0.4) is 0 Å². The van der Waals surface area contributed by atoms with E-state index in [2.05, 4.69) is 0 Å². The molecular formula is C23H24FN3O3. The Morgan fingerprint density at radius 3 is 2.53 bits per heavy atom. The fraction of sp³-hybridized carbons (Fsp3) is 0.348. The van der Waals surface area contributed by atoms with Gasteiger partial charge in [0.15, 0.2) is 0 Å². The van der Waals surface area contributed by atoms with Crippen molar-refractivity contribution in [1.82, 2.24) is 14.7 Å². The first kappa shape index (κ1) is 20.2. The van der Waals surface area contributed by atoms with Gasteiger partial charge in [0.05, 0.1) is 23.7 Å². The van der Waals surface area contributed by atoms with Gasteiger partial charge in [-0.2, -0.15) is 5.10 Å². The van der Waals surface area contributed by atoms with Gasteiger partial charge in [-0.15, -0.1) is 0 Å². The molecule has 3 aromatic rings. The third-order valence-corrected chi connectivity index (χ3v) is 5.68. The first-order valence-corrected chi connectivity index (χ1v) is 10.2. The van der Waals surface area contributed by atoms with E-state index >= 15 is 0 Å². The SMILES string of the molecule is O=C(O)CN1CCCC(n2nc(Cc3ccc(F)cc3)c3ccccc3c2=O)CC1. The molecule has 0 radical (unpaired) electrons. The predicted molar refractivity (Wildman–Crippen MR) is 112 cm³/mol. The van der Waals surface area contributed by atoms with Crippen molar-refractivity contribution < 1.29 is 14.3 Å². The van der Waals surface area contributed by atoms with E-state index in [1.54, 1.807) is 16.8 Å². The number of carboxylic acids is 1. The smallest absolute Gasteiger partial charge is 0.317 e. The highest BCUT2D eigenvalue weighted by atomic mass is 19.1. The van der Waals surface area contributed by atoms with Crippen LogP contribution in [0.4, 0.5) is 4.39 Å². The second-order valence-electron chi connectivity index (χ2n) is 7.80. The second kappa shape index (κ2) is 8.75. The van der Waals surface area contributed by atoms with E-state index < -0.39 is 5.97 Å². The molecule has 1 saturated heterocycles. The highest BCUT2D eigenvalue weighted by Gasteiger charge is 2.23. The van der Waals surface area contributed by atoms with E-state index in [4.69, 9.17) is 10.2 Å². The summed E-state index contributed by atoms with van der Waals surface area (Å²) >= 11 is 0. The topological polar surface area (TPSA) is 75.4 Å². The number of carbonyl (C=O) groups is 1. The standard InChI is InChI=1S/C23H24FN3O3/c24-17-9-7-16(8-10-17)14-21-19-5-1-2-6-20(19)23(30)27(25-21)18-4-3-12-26(13-11-18)15-22(28)29/h1-2,5-10,18H,3-4,11-15H2,(H,28,29). The largest absolute Gasteiger partial charge is 0.480 e. The van der Waals surface area contributed by atoms with E-state index in [9.17, 15) is 14.0 Å². The Balaban J connectivity index is 1.69. The van der Waals surface area contributed by atoms with Crippen LogP contribution < -0.4 is 5.56 Å². The molecule has 1 atom stereocenters. The molecule has 2 aromatic carbocycles. The lowest BCUT2D eigenvalue weighted by molar-refractivity contribution is -0.138. The lowest BCUT2D eigenvalue weighted by atomic mass is 10.0. The molecule has 0 aliphatic carbocycles. The van der Waals surface area contributed by atoms with E-state index in [1.807, 2.05) is 29.2 Å². The predicted octanol–water partition coefficient (Wildman–Crippen LogP) is 3.24. The summed E-state index contributed by atoms with van der Waals surface area (Å²) in [5.41, 5.74) is 1.58. The highest BCUT2D eigenvalue weighted by Crippen LogP contribution is 2.23. The maximum atomic E-state index is 13.3. The Morgan fingerprint density at radius 1 is 1.07 bits per heavy atom. The quantitative estimate of drug-likeness (QED) is 0.700. The molecule has 0 spiro atoms. The first-order chi connectivity index (χ1) is 14.5. The number of halogens is 1. The van der Waals surface area contributed by atoms with Crippen LogP contribution in [-0.2, 0) is 11.2 Å². The van der Waals surface area contributed by atoms with Gasteiger partial charge < -0.3 is 5.11 Å². The van der Waals surface area contributed by atoms with Crippen molar-refractivity contribution in [3.8, 4) is 0 Å². The second-order valence-corrected chi connectivity index (χ2v) is 7.80. The van der Waals surface area contributed by atoms with E-state index in [-0.39, 0.29) is 24.0 Å². The maximum Gasteiger partial charge on any atom is 0.317 e. The van der Waals surface area contributed by atoms with Gasteiger partial charge >= 0.3 is 5.97 Å². The average Bonchev–Trinajstić information content (AvgIpc) is 2.97. The zero-order valence-electron chi connectivity index (χ0n) is 16.6. The van der Waals surface area contributed by atoms with Crippen LogP contribution in [0.25, 0.3) is 10.8 Å². The fourth-order valence-electron chi connectivity index (χ4n) is 4.18. The minimum Gasteiger partial charge on any atom is -0.480 e. The molecule has 1 N–H and O–H groups in total. The third-order valence-electron chi connectivity index (χ3n) is 5.68. The number of benzene rings is 2. The number of hydrogen-bond acceptors (Lipinski definition) is 4. The molecule has 30 heavy (non-hydrogen) atoms. The van der Waals surface area contributed by atoms with Crippen molar-refractivity contribution in [3.05, 3.63) is 76.0 Å². The van der Waals surface area contributed by atoms with Crippen LogP contribution in [0.5, 0.6) is 0 Å². The van der Waals surface area contributed by atoms with Gasteiger partial charge in [-0.3, -0.25) is 14.5 Å². The first-order valence-electron chi connectivity index (χ1n) is 10.2. The molecule has 7 heteroatoms. The molecule has 2 heterocycles. The number of carboxylic acid groups (broad SMARTS) is 1. The van der Waals surface area contributed by atoms with Crippen LogP contribution in [-0.4, -0.2) is 45.4 Å². The van der Waals surface area contributed by atoms with Crippen molar-refractivity contribution in [2.24, 2.45) is 0 Å². The Labute approximate surface area is 173 Å². The van der Waals surface area contributed by atoms with Gasteiger partial charge in [0.2, 0.25) is 0 Å². The summed E-state index contributed by atoms with van der Waals surface area (Å²) in [5.74, 6) is -1.12. The molecule has 156 valence electrons. The van der Waals surface area contributed by atoms with Gasteiger partial charge in [0.25, 0.3) is 5.56 Å². The van der Waals surface area contributed by atoms with Crippen molar-refractivity contribution >= 4 is 16.7 Å². The Bertz CT molecular complexity index is 1110. The fourth-order valence-corrected chi connectivity index (χ4v) is 4.18. The lowest BCUT2D eigenvalue weighted by Crippen LogP contribution is -2.32. The number of likely N-dealkylation sites (tertiary alicyclic amines) is 1. The number of nitrogens with zero attached hydrogens (tertiary/aromatic N) is 3. The minimum absolute atomic E-state index is 0.0165. The number of hydrogen-bond donors (Lipinski definition) is 1. The molecule has 0 bridgehead atoms. The molecular weight excluding hydrogens is 385 g/mol. The molecule has 1 fully saturated rings. The maximum absolute atomic E-state index is 13.3. The van der Waals surface area contributed by atoms with Crippen molar-refractivity contribution in [1.29, 1.82) is 0 Å². The Morgan fingerprint density at radius 2 is 1.80 bits per heavy atom. The minimum atomic E-state index is -0.837. The Kier molecular flexibility index (Phi) is 5.90. The zero-order valence-corrected chi connectivity index (χ0v) is 16.6. The summed E-state index contributed by atoms with van der Waals surface area (Å²) in [6, 6.07) is 13.7. The molecule has 1 aliphatic heterocycles. The third kappa shape index (κ3) is 4.41. The van der Waals surface area contributed by atoms with Crippen LogP contribution >= 0.6 is 0 Å². The van der Waals surface area contributed by atoms with Gasteiger partial charge in [-0.1, -0.05) is 30.3 Å². The summed E-state index contributed by atoms with van der Waals surface area (Å²) in [5, 5.41) is 15.2. The number of fused-ring (bicyclic) bond motifs is 1. The summed E-state index contributed by atoms with van der Waals surface area (Å²) in [6.07, 6.45) is 2.76. The van der Waals surface area contributed by atoms with Gasteiger partial charge in [0.1, 0.15) is 5.82 Å². The van der Waals surface area contributed by atoms with Crippen molar-refractivity contribution in [2.45, 2.75) is 31.7 Å². The summed E-state index contributed by atoms with van der Waals surface area (Å²) in [4.78, 5) is 26.1. The highest BCUT2D eigenvalue weighted by molar-refractivity contribution is 5.83. The number of rotatable bonds is 5. The molecule has 6 nitrogen and oxygen atoms in total. The average molecular weight is 409 g/mol. The molecule has 1 aromatic heterocycles. The molecule has 4 rings (SSSR count). The molecule has 1 aliphatic rings. The monoisotopic (exact) mass is 409 g/mol. The van der Waals surface area contributed by atoms with E-state index in [0.717, 1.165) is 29.5 Å².